The summed E-state index contributed by atoms with van der Waals surface area (Å²) in [6.45, 7) is 4.69. The van der Waals surface area contributed by atoms with E-state index in [1.807, 2.05) is 32.0 Å². The number of anilines is 1. The largest absolute Gasteiger partial charge is 0.389 e. The van der Waals surface area contributed by atoms with E-state index in [1.165, 1.54) is 0 Å². The molecular weight excluding hydrogens is 350 g/mol. The van der Waals surface area contributed by atoms with Gasteiger partial charge < -0.3 is 15.2 Å². The van der Waals surface area contributed by atoms with Crippen molar-refractivity contribution < 1.29 is 9.84 Å². The molecule has 5 heteroatoms. The van der Waals surface area contributed by atoms with Crippen LogP contribution in [0.15, 0.2) is 27.1 Å². The van der Waals surface area contributed by atoms with Gasteiger partial charge in [0.2, 0.25) is 0 Å². The molecule has 0 saturated carbocycles. The van der Waals surface area contributed by atoms with Gasteiger partial charge in [0.25, 0.3) is 0 Å². The molecule has 1 aromatic rings. The number of rotatable bonds is 6. The number of aliphatic hydroxyl groups is 1. The van der Waals surface area contributed by atoms with Crippen LogP contribution < -0.4 is 5.32 Å². The molecule has 0 aliphatic carbocycles. The van der Waals surface area contributed by atoms with Crippen LogP contribution in [0.4, 0.5) is 5.69 Å². The summed E-state index contributed by atoms with van der Waals surface area (Å²) in [6.07, 6.45) is -0.378. The van der Waals surface area contributed by atoms with Crippen molar-refractivity contribution in [2.75, 3.05) is 18.5 Å². The van der Waals surface area contributed by atoms with Crippen LogP contribution in [-0.2, 0) is 4.74 Å². The lowest BCUT2D eigenvalue weighted by molar-refractivity contribution is 0.0112. The molecule has 17 heavy (non-hydrogen) atoms. The lowest BCUT2D eigenvalue weighted by Crippen LogP contribution is -2.26. The number of halogens is 2. The Morgan fingerprint density at radius 3 is 2.41 bits per heavy atom. The zero-order valence-corrected chi connectivity index (χ0v) is 13.1. The van der Waals surface area contributed by atoms with Gasteiger partial charge in [0.1, 0.15) is 0 Å². The first-order valence-electron chi connectivity index (χ1n) is 5.48. The SMILES string of the molecule is CC(C)OCC(O)CNc1c(Br)cccc1Br. The van der Waals surface area contributed by atoms with Crippen molar-refractivity contribution in [1.29, 1.82) is 0 Å². The highest BCUT2D eigenvalue weighted by molar-refractivity contribution is 9.11. The molecule has 0 aliphatic rings. The fourth-order valence-corrected chi connectivity index (χ4v) is 2.53. The van der Waals surface area contributed by atoms with Gasteiger partial charge >= 0.3 is 0 Å². The lowest BCUT2D eigenvalue weighted by atomic mass is 10.3. The summed E-state index contributed by atoms with van der Waals surface area (Å²) < 4.78 is 7.26. The summed E-state index contributed by atoms with van der Waals surface area (Å²) in [5, 5.41) is 12.9. The molecule has 0 heterocycles. The topological polar surface area (TPSA) is 41.5 Å². The molecule has 96 valence electrons. The molecule has 0 bridgehead atoms. The van der Waals surface area contributed by atoms with E-state index in [0.717, 1.165) is 14.6 Å². The second-order valence-electron chi connectivity index (χ2n) is 4.01. The molecule has 0 spiro atoms. The highest BCUT2D eigenvalue weighted by Crippen LogP contribution is 2.30. The van der Waals surface area contributed by atoms with Gasteiger partial charge in [-0.05, 0) is 57.8 Å². The first-order valence-corrected chi connectivity index (χ1v) is 7.07. The highest BCUT2D eigenvalue weighted by Gasteiger charge is 2.08. The molecule has 1 unspecified atom stereocenters. The van der Waals surface area contributed by atoms with E-state index < -0.39 is 6.10 Å². The number of aliphatic hydroxyl groups excluding tert-OH is 1. The normalized spacial score (nSPS) is 12.8. The van der Waals surface area contributed by atoms with E-state index in [-0.39, 0.29) is 6.10 Å². The van der Waals surface area contributed by atoms with Crippen LogP contribution in [-0.4, -0.2) is 30.5 Å². The second-order valence-corrected chi connectivity index (χ2v) is 5.72. The van der Waals surface area contributed by atoms with E-state index in [9.17, 15) is 5.11 Å². The van der Waals surface area contributed by atoms with Crippen molar-refractivity contribution in [2.45, 2.75) is 26.1 Å². The Morgan fingerprint density at radius 1 is 1.29 bits per heavy atom. The van der Waals surface area contributed by atoms with E-state index in [4.69, 9.17) is 4.74 Å². The predicted octanol–water partition coefficient (Wildman–Crippen LogP) is 3.41. The van der Waals surface area contributed by atoms with E-state index in [2.05, 4.69) is 37.2 Å². The van der Waals surface area contributed by atoms with Crippen molar-refractivity contribution in [2.24, 2.45) is 0 Å². The van der Waals surface area contributed by atoms with E-state index in [1.54, 1.807) is 0 Å². The van der Waals surface area contributed by atoms with Crippen molar-refractivity contribution in [3.8, 4) is 0 Å². The molecule has 0 aromatic heterocycles. The Kier molecular flexibility index (Phi) is 6.48. The third-order valence-corrected chi connectivity index (χ3v) is 3.42. The Labute approximate surface area is 119 Å². The zero-order chi connectivity index (χ0) is 12.8. The Hall–Kier alpha value is -0.100. The van der Waals surface area contributed by atoms with Crippen LogP contribution in [0.5, 0.6) is 0 Å². The van der Waals surface area contributed by atoms with Gasteiger partial charge in [-0.1, -0.05) is 6.07 Å². The average molecular weight is 367 g/mol. The van der Waals surface area contributed by atoms with Crippen LogP contribution in [0.25, 0.3) is 0 Å². The van der Waals surface area contributed by atoms with Crippen molar-refractivity contribution in [3.05, 3.63) is 27.1 Å². The van der Waals surface area contributed by atoms with Gasteiger partial charge in [-0.3, -0.25) is 0 Å². The molecule has 0 fully saturated rings. The Morgan fingerprint density at radius 2 is 1.88 bits per heavy atom. The van der Waals surface area contributed by atoms with Crippen molar-refractivity contribution in [3.63, 3.8) is 0 Å². The lowest BCUT2D eigenvalue weighted by Gasteiger charge is -2.16. The summed E-state index contributed by atoms with van der Waals surface area (Å²) >= 11 is 6.91. The fraction of sp³-hybridized carbons (Fsp3) is 0.500. The monoisotopic (exact) mass is 365 g/mol. The van der Waals surface area contributed by atoms with Gasteiger partial charge in [0.15, 0.2) is 0 Å². The van der Waals surface area contributed by atoms with Gasteiger partial charge in [0, 0.05) is 15.5 Å². The molecule has 1 aromatic carbocycles. The fourth-order valence-electron chi connectivity index (χ4n) is 1.25. The minimum Gasteiger partial charge on any atom is -0.389 e. The predicted molar refractivity (Wildman–Crippen MR) is 77.4 cm³/mol. The van der Waals surface area contributed by atoms with Gasteiger partial charge in [-0.15, -0.1) is 0 Å². The summed E-state index contributed by atoms with van der Waals surface area (Å²) in [5.41, 5.74) is 0.941. The van der Waals surface area contributed by atoms with Crippen LogP contribution >= 0.6 is 31.9 Å². The quantitative estimate of drug-likeness (QED) is 0.810. The van der Waals surface area contributed by atoms with Crippen molar-refractivity contribution >= 4 is 37.5 Å². The molecule has 3 nitrogen and oxygen atoms in total. The van der Waals surface area contributed by atoms with Crippen LogP contribution in [0.2, 0.25) is 0 Å². The van der Waals surface area contributed by atoms with Crippen LogP contribution in [0.3, 0.4) is 0 Å². The van der Waals surface area contributed by atoms with Crippen LogP contribution in [0.1, 0.15) is 13.8 Å². The third-order valence-electron chi connectivity index (χ3n) is 2.10. The molecule has 0 aliphatic heterocycles. The summed E-state index contributed by atoms with van der Waals surface area (Å²) in [6, 6.07) is 5.84. The highest BCUT2D eigenvalue weighted by atomic mass is 79.9. The summed E-state index contributed by atoms with van der Waals surface area (Å²) in [5.74, 6) is 0. The second kappa shape index (κ2) is 7.36. The van der Waals surface area contributed by atoms with E-state index in [0.29, 0.717) is 13.2 Å². The minimum absolute atomic E-state index is 0.139. The molecule has 1 rings (SSSR count). The molecule has 1 atom stereocenters. The maximum Gasteiger partial charge on any atom is 0.0945 e. The maximum absolute atomic E-state index is 9.72. The smallest absolute Gasteiger partial charge is 0.0945 e. The van der Waals surface area contributed by atoms with Gasteiger partial charge in [-0.2, -0.15) is 0 Å². The first-order chi connectivity index (χ1) is 8.00. The minimum atomic E-state index is -0.517. The van der Waals surface area contributed by atoms with Gasteiger partial charge in [0.05, 0.1) is 24.5 Å². The molecular formula is C12H17Br2NO2. The zero-order valence-electron chi connectivity index (χ0n) is 9.91. The molecule has 0 amide bonds. The number of benzene rings is 1. The molecule has 0 saturated heterocycles. The van der Waals surface area contributed by atoms with Gasteiger partial charge in [-0.25, -0.2) is 0 Å². The average Bonchev–Trinajstić information content (AvgIpc) is 2.25. The first kappa shape index (κ1) is 15.0. The number of para-hydroxylation sites is 1. The Bertz CT molecular complexity index is 338. The van der Waals surface area contributed by atoms with E-state index >= 15 is 0 Å². The van der Waals surface area contributed by atoms with Crippen molar-refractivity contribution in [1.82, 2.24) is 0 Å². The van der Waals surface area contributed by atoms with Crippen LogP contribution in [0, 0.1) is 0 Å². The molecule has 2 N–H and O–H groups in total. The number of ether oxygens (including phenoxy) is 1. The molecule has 0 radical (unpaired) electrons. The summed E-state index contributed by atoms with van der Waals surface area (Å²) in [4.78, 5) is 0. The standard InChI is InChI=1S/C12H17Br2NO2/c1-8(2)17-7-9(16)6-15-12-10(13)4-3-5-11(12)14/h3-5,8-9,15-16H,6-7H2,1-2H3. The Balaban J connectivity index is 2.44. The summed E-state index contributed by atoms with van der Waals surface area (Å²) in [7, 11) is 0. The third kappa shape index (κ3) is 5.38. The number of nitrogens with one attached hydrogen (secondary N) is 1. The number of hydrogen-bond acceptors (Lipinski definition) is 3. The number of hydrogen-bond donors (Lipinski definition) is 2. The maximum atomic E-state index is 9.72.